The molecule has 0 bridgehead atoms. The van der Waals surface area contributed by atoms with Gasteiger partial charge in [0.15, 0.2) is 0 Å². The van der Waals surface area contributed by atoms with Gasteiger partial charge in [0, 0.05) is 24.4 Å². The number of likely N-dealkylation sites (tertiary alicyclic amines) is 1. The van der Waals surface area contributed by atoms with Crippen LogP contribution in [-0.2, 0) is 0 Å². The van der Waals surface area contributed by atoms with Gasteiger partial charge in [-0.1, -0.05) is 5.16 Å². The molecule has 3 heterocycles. The van der Waals surface area contributed by atoms with Crippen LogP contribution in [0.25, 0.3) is 0 Å². The standard InChI is InChI=1S/C16H20N4O3/c1-9-7-10(2)18-16(17-9)22-13-5-6-20(8-13)15(21)14-11(3)19-23-12(14)4/h7,13H,5-6,8H2,1-4H3. The summed E-state index contributed by atoms with van der Waals surface area (Å²) in [5.74, 6) is 0.489. The van der Waals surface area contributed by atoms with Crippen molar-refractivity contribution in [3.8, 4) is 6.01 Å². The van der Waals surface area contributed by atoms with Gasteiger partial charge in [-0.2, -0.15) is 0 Å². The van der Waals surface area contributed by atoms with Gasteiger partial charge < -0.3 is 14.2 Å². The number of nitrogens with zero attached hydrogens (tertiary/aromatic N) is 4. The highest BCUT2D eigenvalue weighted by atomic mass is 16.5. The summed E-state index contributed by atoms with van der Waals surface area (Å²) < 4.78 is 10.9. The summed E-state index contributed by atoms with van der Waals surface area (Å²) in [6, 6.07) is 2.27. The molecule has 0 spiro atoms. The molecule has 2 aromatic rings. The molecular weight excluding hydrogens is 296 g/mol. The first-order chi connectivity index (χ1) is 10.9. The van der Waals surface area contributed by atoms with Crippen molar-refractivity contribution in [2.24, 2.45) is 0 Å². The molecule has 2 aromatic heterocycles. The second kappa shape index (κ2) is 5.98. The minimum absolute atomic E-state index is 0.0614. The van der Waals surface area contributed by atoms with Crippen molar-refractivity contribution in [1.29, 1.82) is 0 Å². The summed E-state index contributed by atoms with van der Waals surface area (Å²) in [6.45, 7) is 8.49. The molecule has 0 N–H and O–H groups in total. The highest BCUT2D eigenvalue weighted by Crippen LogP contribution is 2.21. The topological polar surface area (TPSA) is 81.4 Å². The van der Waals surface area contributed by atoms with Crippen LogP contribution in [0, 0.1) is 27.7 Å². The molecule has 0 aliphatic carbocycles. The average molecular weight is 316 g/mol. The Kier molecular flexibility index (Phi) is 4.02. The molecule has 0 aromatic carbocycles. The van der Waals surface area contributed by atoms with Gasteiger partial charge in [0.05, 0.1) is 12.2 Å². The second-order valence-corrected chi connectivity index (χ2v) is 5.91. The molecule has 0 radical (unpaired) electrons. The van der Waals surface area contributed by atoms with Gasteiger partial charge in [0.25, 0.3) is 5.91 Å². The molecule has 0 saturated carbocycles. The minimum atomic E-state index is -0.0966. The molecule has 23 heavy (non-hydrogen) atoms. The predicted molar refractivity (Wildman–Crippen MR) is 82.4 cm³/mol. The van der Waals surface area contributed by atoms with Crippen molar-refractivity contribution in [1.82, 2.24) is 20.0 Å². The van der Waals surface area contributed by atoms with Crippen LogP contribution in [0.2, 0.25) is 0 Å². The third-order valence-electron chi connectivity index (χ3n) is 3.91. The number of aromatic nitrogens is 3. The number of rotatable bonds is 3. The maximum Gasteiger partial charge on any atom is 0.317 e. The number of hydrogen-bond donors (Lipinski definition) is 0. The lowest BCUT2D eigenvalue weighted by Gasteiger charge is -2.16. The van der Waals surface area contributed by atoms with E-state index >= 15 is 0 Å². The molecule has 7 heteroatoms. The summed E-state index contributed by atoms with van der Waals surface area (Å²) in [4.78, 5) is 22.9. The predicted octanol–water partition coefficient (Wildman–Crippen LogP) is 1.99. The third-order valence-corrected chi connectivity index (χ3v) is 3.91. The van der Waals surface area contributed by atoms with E-state index in [0.717, 1.165) is 17.8 Å². The molecule has 1 saturated heterocycles. The summed E-state index contributed by atoms with van der Waals surface area (Å²) in [5, 5.41) is 3.84. The van der Waals surface area contributed by atoms with E-state index in [1.807, 2.05) is 19.9 Å². The Morgan fingerprint density at radius 1 is 1.26 bits per heavy atom. The SMILES string of the molecule is Cc1cc(C)nc(OC2CCN(C(=O)c3c(C)noc3C)C2)n1. The molecule has 1 aliphatic rings. The molecule has 1 atom stereocenters. The van der Waals surface area contributed by atoms with E-state index in [4.69, 9.17) is 9.26 Å². The van der Waals surface area contributed by atoms with E-state index in [9.17, 15) is 4.79 Å². The van der Waals surface area contributed by atoms with Gasteiger partial charge in [-0.05, 0) is 33.8 Å². The van der Waals surface area contributed by atoms with Crippen LogP contribution in [0.3, 0.4) is 0 Å². The molecule has 1 amide bonds. The summed E-state index contributed by atoms with van der Waals surface area (Å²) in [5.41, 5.74) is 2.91. The van der Waals surface area contributed by atoms with Crippen LogP contribution in [-0.4, -0.2) is 45.1 Å². The number of carbonyl (C=O) groups excluding carboxylic acids is 1. The number of ether oxygens (including phenoxy) is 1. The molecule has 1 aliphatic heterocycles. The van der Waals surface area contributed by atoms with Crippen molar-refractivity contribution in [3.05, 3.63) is 34.5 Å². The molecule has 1 fully saturated rings. The van der Waals surface area contributed by atoms with E-state index < -0.39 is 0 Å². The molecule has 1 unspecified atom stereocenters. The Morgan fingerprint density at radius 3 is 2.57 bits per heavy atom. The van der Waals surface area contributed by atoms with Gasteiger partial charge >= 0.3 is 6.01 Å². The second-order valence-electron chi connectivity index (χ2n) is 5.91. The maximum absolute atomic E-state index is 12.6. The number of aryl methyl sites for hydroxylation is 4. The smallest absolute Gasteiger partial charge is 0.317 e. The van der Waals surface area contributed by atoms with Gasteiger partial charge in [-0.15, -0.1) is 0 Å². The fourth-order valence-corrected chi connectivity index (χ4v) is 2.85. The fraction of sp³-hybridized carbons (Fsp3) is 0.500. The van der Waals surface area contributed by atoms with Crippen LogP contribution in [0.4, 0.5) is 0 Å². The van der Waals surface area contributed by atoms with E-state index in [2.05, 4.69) is 15.1 Å². The van der Waals surface area contributed by atoms with Crippen molar-refractivity contribution in [3.63, 3.8) is 0 Å². The van der Waals surface area contributed by atoms with E-state index in [-0.39, 0.29) is 12.0 Å². The van der Waals surface area contributed by atoms with E-state index in [1.54, 1.807) is 18.7 Å². The summed E-state index contributed by atoms with van der Waals surface area (Å²) >= 11 is 0. The first-order valence-corrected chi connectivity index (χ1v) is 7.65. The largest absolute Gasteiger partial charge is 0.458 e. The van der Waals surface area contributed by atoms with Crippen LogP contribution in [0.1, 0.15) is 39.6 Å². The molecular formula is C16H20N4O3. The fourth-order valence-electron chi connectivity index (χ4n) is 2.85. The van der Waals surface area contributed by atoms with Crippen molar-refractivity contribution >= 4 is 5.91 Å². The van der Waals surface area contributed by atoms with Crippen LogP contribution in [0.15, 0.2) is 10.6 Å². The Morgan fingerprint density at radius 2 is 1.96 bits per heavy atom. The minimum Gasteiger partial charge on any atom is -0.458 e. The van der Waals surface area contributed by atoms with E-state index in [0.29, 0.717) is 36.1 Å². The zero-order chi connectivity index (χ0) is 16.6. The Hall–Kier alpha value is -2.44. The number of carbonyl (C=O) groups is 1. The van der Waals surface area contributed by atoms with Gasteiger partial charge in [-0.25, -0.2) is 9.97 Å². The highest BCUT2D eigenvalue weighted by molar-refractivity contribution is 5.96. The quantitative estimate of drug-likeness (QED) is 0.861. The zero-order valence-corrected chi connectivity index (χ0v) is 13.8. The van der Waals surface area contributed by atoms with Gasteiger partial charge in [0.2, 0.25) is 0 Å². The van der Waals surface area contributed by atoms with Crippen molar-refractivity contribution < 1.29 is 14.1 Å². The molecule has 3 rings (SSSR count). The first kappa shape index (κ1) is 15.5. The van der Waals surface area contributed by atoms with Crippen LogP contribution in [0.5, 0.6) is 6.01 Å². The van der Waals surface area contributed by atoms with Crippen LogP contribution >= 0.6 is 0 Å². The number of amides is 1. The Balaban J connectivity index is 1.68. The van der Waals surface area contributed by atoms with Gasteiger partial charge in [0.1, 0.15) is 17.4 Å². The summed E-state index contributed by atoms with van der Waals surface area (Å²) in [6.07, 6.45) is 0.659. The molecule has 122 valence electrons. The third kappa shape index (κ3) is 3.18. The lowest BCUT2D eigenvalue weighted by molar-refractivity contribution is 0.0767. The van der Waals surface area contributed by atoms with Crippen molar-refractivity contribution in [2.75, 3.05) is 13.1 Å². The normalized spacial score (nSPS) is 17.6. The number of hydrogen-bond acceptors (Lipinski definition) is 6. The van der Waals surface area contributed by atoms with Crippen molar-refractivity contribution in [2.45, 2.75) is 40.2 Å². The highest BCUT2D eigenvalue weighted by Gasteiger charge is 2.31. The maximum atomic E-state index is 12.6. The van der Waals surface area contributed by atoms with Crippen LogP contribution < -0.4 is 4.74 Å². The summed E-state index contributed by atoms with van der Waals surface area (Å²) in [7, 11) is 0. The van der Waals surface area contributed by atoms with Gasteiger partial charge in [-0.3, -0.25) is 4.79 Å². The Labute approximate surface area is 134 Å². The molecule has 7 nitrogen and oxygen atoms in total. The lowest BCUT2D eigenvalue weighted by Crippen LogP contribution is -2.31. The Bertz CT molecular complexity index is 701. The lowest BCUT2D eigenvalue weighted by atomic mass is 10.2. The average Bonchev–Trinajstić information content (AvgIpc) is 3.04. The van der Waals surface area contributed by atoms with E-state index in [1.165, 1.54) is 0 Å². The first-order valence-electron chi connectivity index (χ1n) is 7.65. The zero-order valence-electron chi connectivity index (χ0n) is 13.8. The monoisotopic (exact) mass is 316 g/mol.